The molecule has 3 amide bonds. The first kappa shape index (κ1) is 19.9. The van der Waals surface area contributed by atoms with Gasteiger partial charge in [0.25, 0.3) is 5.91 Å². The van der Waals surface area contributed by atoms with Crippen molar-refractivity contribution in [2.45, 2.75) is 12.8 Å². The summed E-state index contributed by atoms with van der Waals surface area (Å²) in [5, 5.41) is 8.18. The minimum Gasteiger partial charge on any atom is -0.370 e. The number of nitrogens with one attached hydrogen (secondary N) is 3. The van der Waals surface area contributed by atoms with Gasteiger partial charge in [0.15, 0.2) is 0 Å². The molecule has 0 saturated heterocycles. The zero-order chi connectivity index (χ0) is 15.7. The van der Waals surface area contributed by atoms with E-state index < -0.39 is 5.91 Å². The van der Waals surface area contributed by atoms with Crippen molar-refractivity contribution < 1.29 is 14.4 Å². The number of hydrogen-bond donors (Lipinski definition) is 4. The highest BCUT2D eigenvalue weighted by Crippen LogP contribution is 2.11. The molecule has 0 radical (unpaired) electrons. The van der Waals surface area contributed by atoms with Gasteiger partial charge in [-0.25, -0.2) is 0 Å². The van der Waals surface area contributed by atoms with Gasteiger partial charge in [-0.05, 0) is 25.2 Å². The molecule has 1 rings (SSSR count). The molecule has 8 heteroatoms. The molecule has 7 nitrogen and oxygen atoms in total. The van der Waals surface area contributed by atoms with Crippen molar-refractivity contribution in [1.29, 1.82) is 0 Å². The maximum absolute atomic E-state index is 11.9. The Morgan fingerprint density at radius 1 is 1.14 bits per heavy atom. The summed E-state index contributed by atoms with van der Waals surface area (Å²) in [6.07, 6.45) is 0.442. The van der Waals surface area contributed by atoms with Gasteiger partial charge in [-0.1, -0.05) is 6.07 Å². The molecular formula is C14H21ClN4O3. The van der Waals surface area contributed by atoms with Gasteiger partial charge in [0.1, 0.15) is 0 Å². The van der Waals surface area contributed by atoms with Crippen LogP contribution in [0.1, 0.15) is 23.2 Å². The number of benzene rings is 1. The Balaban J connectivity index is 0.00000441. The molecule has 5 N–H and O–H groups in total. The van der Waals surface area contributed by atoms with Crippen LogP contribution in [-0.4, -0.2) is 37.9 Å². The molecule has 0 aliphatic rings. The third-order valence-corrected chi connectivity index (χ3v) is 2.67. The van der Waals surface area contributed by atoms with Gasteiger partial charge in [-0.3, -0.25) is 14.4 Å². The van der Waals surface area contributed by atoms with E-state index in [1.54, 1.807) is 31.3 Å². The van der Waals surface area contributed by atoms with Crippen LogP contribution in [0.25, 0.3) is 0 Å². The molecule has 122 valence electrons. The highest BCUT2D eigenvalue weighted by Gasteiger charge is 2.08. The molecule has 0 heterocycles. The molecule has 0 saturated carbocycles. The van der Waals surface area contributed by atoms with E-state index in [0.717, 1.165) is 0 Å². The van der Waals surface area contributed by atoms with Crippen LogP contribution >= 0.6 is 12.4 Å². The van der Waals surface area contributed by atoms with Crippen LogP contribution in [0.4, 0.5) is 5.69 Å². The SMILES string of the molecule is CNCCC(=O)Nc1cccc(C(=O)NCCC(N)=O)c1.Cl. The Bertz CT molecular complexity index is 523. The third kappa shape index (κ3) is 7.61. The van der Waals surface area contributed by atoms with Crippen molar-refractivity contribution in [1.82, 2.24) is 10.6 Å². The van der Waals surface area contributed by atoms with Crippen molar-refractivity contribution >= 4 is 35.8 Å². The van der Waals surface area contributed by atoms with Crippen LogP contribution in [0.15, 0.2) is 24.3 Å². The van der Waals surface area contributed by atoms with Gasteiger partial charge in [-0.15, -0.1) is 12.4 Å². The number of anilines is 1. The van der Waals surface area contributed by atoms with Crippen molar-refractivity contribution in [2.75, 3.05) is 25.5 Å². The quantitative estimate of drug-likeness (QED) is 0.548. The largest absolute Gasteiger partial charge is 0.370 e. The van der Waals surface area contributed by atoms with Crippen molar-refractivity contribution in [3.63, 3.8) is 0 Å². The van der Waals surface area contributed by atoms with E-state index in [4.69, 9.17) is 5.73 Å². The number of rotatable bonds is 8. The normalized spacial score (nSPS) is 9.50. The molecule has 0 unspecified atom stereocenters. The van der Waals surface area contributed by atoms with Gasteiger partial charge >= 0.3 is 0 Å². The fourth-order valence-electron chi connectivity index (χ4n) is 1.60. The van der Waals surface area contributed by atoms with Crippen molar-refractivity contribution in [3.8, 4) is 0 Å². The van der Waals surface area contributed by atoms with Gasteiger partial charge < -0.3 is 21.7 Å². The fraction of sp³-hybridized carbons (Fsp3) is 0.357. The number of amides is 3. The second-order valence-corrected chi connectivity index (χ2v) is 4.45. The van der Waals surface area contributed by atoms with Crippen LogP contribution in [0.3, 0.4) is 0 Å². The van der Waals surface area contributed by atoms with Crippen LogP contribution in [0.2, 0.25) is 0 Å². The predicted molar refractivity (Wildman–Crippen MR) is 87.0 cm³/mol. The van der Waals surface area contributed by atoms with Crippen molar-refractivity contribution in [2.24, 2.45) is 5.73 Å². The predicted octanol–water partition coefficient (Wildman–Crippen LogP) is 0.262. The second-order valence-electron chi connectivity index (χ2n) is 4.45. The molecule has 0 aliphatic heterocycles. The summed E-state index contributed by atoms with van der Waals surface area (Å²) >= 11 is 0. The lowest BCUT2D eigenvalue weighted by Gasteiger charge is -2.08. The Morgan fingerprint density at radius 3 is 2.50 bits per heavy atom. The monoisotopic (exact) mass is 328 g/mol. The fourth-order valence-corrected chi connectivity index (χ4v) is 1.60. The van der Waals surface area contributed by atoms with Gasteiger partial charge in [-0.2, -0.15) is 0 Å². The van der Waals surface area contributed by atoms with Gasteiger partial charge in [0.2, 0.25) is 11.8 Å². The average Bonchev–Trinajstić information content (AvgIpc) is 2.45. The lowest BCUT2D eigenvalue weighted by atomic mass is 10.2. The molecule has 22 heavy (non-hydrogen) atoms. The summed E-state index contributed by atoms with van der Waals surface area (Å²) in [7, 11) is 1.77. The Labute approximate surface area is 135 Å². The highest BCUT2D eigenvalue weighted by atomic mass is 35.5. The molecule has 1 aromatic rings. The lowest BCUT2D eigenvalue weighted by molar-refractivity contribution is -0.118. The Hall–Kier alpha value is -2.12. The van der Waals surface area contributed by atoms with E-state index in [1.165, 1.54) is 0 Å². The van der Waals surface area contributed by atoms with E-state index in [2.05, 4.69) is 16.0 Å². The first-order valence-corrected chi connectivity index (χ1v) is 6.64. The number of carbonyl (C=O) groups excluding carboxylic acids is 3. The summed E-state index contributed by atoms with van der Waals surface area (Å²) in [4.78, 5) is 34.0. The van der Waals surface area contributed by atoms with Gasteiger partial charge in [0.05, 0.1) is 0 Å². The summed E-state index contributed by atoms with van der Waals surface area (Å²) in [5.41, 5.74) is 5.96. The highest BCUT2D eigenvalue weighted by molar-refractivity contribution is 5.97. The first-order valence-electron chi connectivity index (χ1n) is 6.64. The standard InChI is InChI=1S/C14H20N4O3.ClH/c1-16-7-6-13(20)18-11-4-2-3-10(9-11)14(21)17-8-5-12(15)19;/h2-4,9,16H,5-8H2,1H3,(H2,15,19)(H,17,21)(H,18,20);1H. The summed E-state index contributed by atoms with van der Waals surface area (Å²) in [6.45, 7) is 0.770. The molecule has 0 spiro atoms. The van der Waals surface area contributed by atoms with Crippen LogP contribution in [0.5, 0.6) is 0 Å². The molecule has 0 aromatic heterocycles. The zero-order valence-electron chi connectivity index (χ0n) is 12.3. The average molecular weight is 329 g/mol. The molecule has 0 atom stereocenters. The Kier molecular flexibility index (Phi) is 9.56. The minimum absolute atomic E-state index is 0. The van der Waals surface area contributed by atoms with E-state index >= 15 is 0 Å². The van der Waals surface area contributed by atoms with Crippen LogP contribution in [0, 0.1) is 0 Å². The van der Waals surface area contributed by atoms with Crippen LogP contribution in [-0.2, 0) is 9.59 Å². The zero-order valence-corrected chi connectivity index (χ0v) is 13.2. The molecular weight excluding hydrogens is 308 g/mol. The van der Waals surface area contributed by atoms with Crippen molar-refractivity contribution in [3.05, 3.63) is 29.8 Å². The minimum atomic E-state index is -0.471. The number of carbonyl (C=O) groups is 3. The van der Waals surface area contributed by atoms with E-state index in [9.17, 15) is 14.4 Å². The van der Waals surface area contributed by atoms with E-state index in [1.807, 2.05) is 0 Å². The maximum Gasteiger partial charge on any atom is 0.251 e. The number of primary amides is 1. The van der Waals surface area contributed by atoms with E-state index in [-0.39, 0.29) is 37.2 Å². The second kappa shape index (κ2) is 10.6. The molecule has 0 bridgehead atoms. The summed E-state index contributed by atoms with van der Waals surface area (Å²) < 4.78 is 0. The number of halogens is 1. The molecule has 1 aromatic carbocycles. The van der Waals surface area contributed by atoms with Gasteiger partial charge in [0, 0.05) is 37.2 Å². The Morgan fingerprint density at radius 2 is 1.86 bits per heavy atom. The topological polar surface area (TPSA) is 113 Å². The summed E-state index contributed by atoms with van der Waals surface area (Å²) in [6, 6.07) is 6.59. The third-order valence-electron chi connectivity index (χ3n) is 2.67. The smallest absolute Gasteiger partial charge is 0.251 e. The molecule has 0 aliphatic carbocycles. The molecule has 0 fully saturated rings. The maximum atomic E-state index is 11.9. The first-order chi connectivity index (χ1) is 10.0. The lowest BCUT2D eigenvalue weighted by Crippen LogP contribution is -2.28. The number of hydrogen-bond acceptors (Lipinski definition) is 4. The number of nitrogens with two attached hydrogens (primary N) is 1. The van der Waals surface area contributed by atoms with E-state index in [0.29, 0.717) is 24.2 Å². The van der Waals surface area contributed by atoms with Crippen LogP contribution < -0.4 is 21.7 Å². The summed E-state index contributed by atoms with van der Waals surface area (Å²) in [5.74, 6) is -0.918.